The topological polar surface area (TPSA) is 37.3 Å². The minimum absolute atomic E-state index is 0.494. The predicted octanol–water partition coefficient (Wildman–Crippen LogP) is 3.18. The lowest BCUT2D eigenvalue weighted by molar-refractivity contribution is -0.148. The summed E-state index contributed by atoms with van der Waals surface area (Å²) < 4.78 is 0. The van der Waals surface area contributed by atoms with Crippen LogP contribution in [0.15, 0.2) is 24.3 Å². The molecule has 86 valence electrons. The molecule has 0 unspecified atom stereocenters. The van der Waals surface area contributed by atoms with Gasteiger partial charge < -0.3 is 5.11 Å². The minimum atomic E-state index is -0.617. The van der Waals surface area contributed by atoms with Crippen molar-refractivity contribution >= 4 is 5.97 Å². The zero-order valence-corrected chi connectivity index (χ0v) is 9.70. The standard InChI is InChI=1S/C14H18O2/c1-11-6-2-3-7-12(11)10-14(13(15)16)8-4-5-9-14/h2-3,6-7H,4-5,8-10H2,1H3,(H,15,16). The monoisotopic (exact) mass is 218 g/mol. The van der Waals surface area contributed by atoms with Gasteiger partial charge in [0.25, 0.3) is 0 Å². The number of aryl methyl sites for hydroxylation is 1. The smallest absolute Gasteiger partial charge is 0.309 e. The van der Waals surface area contributed by atoms with Gasteiger partial charge in [-0.1, -0.05) is 37.1 Å². The van der Waals surface area contributed by atoms with Crippen molar-refractivity contribution in [3.05, 3.63) is 35.4 Å². The Bertz CT molecular complexity index is 389. The van der Waals surface area contributed by atoms with Crippen LogP contribution in [0.2, 0.25) is 0 Å². The van der Waals surface area contributed by atoms with E-state index in [1.165, 1.54) is 11.1 Å². The lowest BCUT2D eigenvalue weighted by Gasteiger charge is -2.24. The van der Waals surface area contributed by atoms with Crippen molar-refractivity contribution in [2.75, 3.05) is 0 Å². The molecule has 0 amide bonds. The Morgan fingerprint density at radius 1 is 1.31 bits per heavy atom. The lowest BCUT2D eigenvalue weighted by Crippen LogP contribution is -2.30. The molecule has 16 heavy (non-hydrogen) atoms. The highest BCUT2D eigenvalue weighted by molar-refractivity contribution is 5.75. The Morgan fingerprint density at radius 3 is 2.50 bits per heavy atom. The molecule has 2 rings (SSSR count). The van der Waals surface area contributed by atoms with E-state index < -0.39 is 11.4 Å². The van der Waals surface area contributed by atoms with Crippen molar-refractivity contribution in [1.82, 2.24) is 0 Å². The largest absolute Gasteiger partial charge is 0.481 e. The second-order valence-corrected chi connectivity index (χ2v) is 4.90. The summed E-state index contributed by atoms with van der Waals surface area (Å²) in [6.07, 6.45) is 4.46. The number of aliphatic carboxylic acids is 1. The molecule has 1 N–H and O–H groups in total. The molecule has 1 aromatic rings. The predicted molar refractivity (Wildman–Crippen MR) is 63.4 cm³/mol. The summed E-state index contributed by atoms with van der Waals surface area (Å²) in [4.78, 5) is 11.4. The van der Waals surface area contributed by atoms with E-state index in [1.54, 1.807) is 0 Å². The first-order valence-corrected chi connectivity index (χ1v) is 5.92. The summed E-state index contributed by atoms with van der Waals surface area (Å²) in [5, 5.41) is 9.42. The molecule has 1 aliphatic carbocycles. The Hall–Kier alpha value is -1.31. The molecule has 2 heteroatoms. The number of carboxylic acids is 1. The fraction of sp³-hybridized carbons (Fsp3) is 0.500. The fourth-order valence-electron chi connectivity index (χ4n) is 2.69. The molecule has 0 aromatic heterocycles. The first-order chi connectivity index (χ1) is 7.64. The van der Waals surface area contributed by atoms with Crippen LogP contribution in [0.3, 0.4) is 0 Å². The maximum atomic E-state index is 11.4. The van der Waals surface area contributed by atoms with E-state index >= 15 is 0 Å². The fourth-order valence-corrected chi connectivity index (χ4v) is 2.69. The molecule has 1 aromatic carbocycles. The van der Waals surface area contributed by atoms with Gasteiger partial charge >= 0.3 is 5.97 Å². The molecule has 0 spiro atoms. The zero-order chi connectivity index (χ0) is 11.6. The number of carbonyl (C=O) groups is 1. The van der Waals surface area contributed by atoms with Gasteiger partial charge in [0.2, 0.25) is 0 Å². The van der Waals surface area contributed by atoms with Gasteiger partial charge in [0.1, 0.15) is 0 Å². The van der Waals surface area contributed by atoms with Gasteiger partial charge in [0, 0.05) is 0 Å². The van der Waals surface area contributed by atoms with E-state index in [2.05, 4.69) is 19.1 Å². The first kappa shape index (κ1) is 11.2. The van der Waals surface area contributed by atoms with Gasteiger partial charge in [0.15, 0.2) is 0 Å². The highest BCUT2D eigenvalue weighted by Crippen LogP contribution is 2.41. The number of benzene rings is 1. The van der Waals surface area contributed by atoms with E-state index in [0.717, 1.165) is 25.7 Å². The molecule has 0 radical (unpaired) electrons. The summed E-state index contributed by atoms with van der Waals surface area (Å²) in [7, 11) is 0. The normalized spacial score (nSPS) is 18.6. The van der Waals surface area contributed by atoms with Crippen molar-refractivity contribution < 1.29 is 9.90 Å². The van der Waals surface area contributed by atoms with Crippen LogP contribution in [0.1, 0.15) is 36.8 Å². The van der Waals surface area contributed by atoms with Crippen molar-refractivity contribution in [2.24, 2.45) is 5.41 Å². The number of hydrogen-bond acceptors (Lipinski definition) is 1. The van der Waals surface area contributed by atoms with E-state index in [9.17, 15) is 9.90 Å². The maximum Gasteiger partial charge on any atom is 0.309 e. The highest BCUT2D eigenvalue weighted by Gasteiger charge is 2.41. The summed E-state index contributed by atoms with van der Waals surface area (Å²) in [5.74, 6) is -0.617. The lowest BCUT2D eigenvalue weighted by atomic mass is 9.79. The van der Waals surface area contributed by atoms with Crippen LogP contribution in [0.25, 0.3) is 0 Å². The molecular formula is C14H18O2. The van der Waals surface area contributed by atoms with E-state index in [1.807, 2.05) is 12.1 Å². The van der Waals surface area contributed by atoms with Crippen LogP contribution < -0.4 is 0 Å². The first-order valence-electron chi connectivity index (χ1n) is 5.92. The number of carboxylic acid groups (broad SMARTS) is 1. The number of rotatable bonds is 3. The third kappa shape index (κ3) is 1.97. The third-order valence-corrected chi connectivity index (χ3v) is 3.80. The molecule has 1 aliphatic rings. The molecule has 1 fully saturated rings. The molecule has 0 heterocycles. The Labute approximate surface area is 96.3 Å². The summed E-state index contributed by atoms with van der Waals surface area (Å²) in [6, 6.07) is 8.10. The van der Waals surface area contributed by atoms with Gasteiger partial charge in [-0.15, -0.1) is 0 Å². The second-order valence-electron chi connectivity index (χ2n) is 4.90. The SMILES string of the molecule is Cc1ccccc1CC1(C(=O)O)CCCC1. The van der Waals surface area contributed by atoms with Gasteiger partial charge in [0.05, 0.1) is 5.41 Å². The van der Waals surface area contributed by atoms with Crippen LogP contribution in [0.4, 0.5) is 0 Å². The van der Waals surface area contributed by atoms with Crippen molar-refractivity contribution in [2.45, 2.75) is 39.0 Å². The second kappa shape index (κ2) is 4.28. The Kier molecular flexibility index (Phi) is 2.99. The van der Waals surface area contributed by atoms with Gasteiger partial charge in [-0.05, 0) is 37.3 Å². The van der Waals surface area contributed by atoms with Gasteiger partial charge in [-0.2, -0.15) is 0 Å². The van der Waals surface area contributed by atoms with Gasteiger partial charge in [-0.3, -0.25) is 4.79 Å². The molecule has 0 aliphatic heterocycles. The molecular weight excluding hydrogens is 200 g/mol. The molecule has 0 atom stereocenters. The van der Waals surface area contributed by atoms with E-state index in [0.29, 0.717) is 6.42 Å². The number of hydrogen-bond donors (Lipinski definition) is 1. The molecule has 1 saturated carbocycles. The van der Waals surface area contributed by atoms with Crippen LogP contribution in [0, 0.1) is 12.3 Å². The zero-order valence-electron chi connectivity index (χ0n) is 9.70. The van der Waals surface area contributed by atoms with Gasteiger partial charge in [-0.25, -0.2) is 0 Å². The highest BCUT2D eigenvalue weighted by atomic mass is 16.4. The van der Waals surface area contributed by atoms with E-state index in [4.69, 9.17) is 0 Å². The molecule has 0 bridgehead atoms. The van der Waals surface area contributed by atoms with Crippen LogP contribution in [0.5, 0.6) is 0 Å². The average molecular weight is 218 g/mol. The van der Waals surface area contributed by atoms with Crippen molar-refractivity contribution in [3.8, 4) is 0 Å². The summed E-state index contributed by atoms with van der Waals surface area (Å²) >= 11 is 0. The molecule has 2 nitrogen and oxygen atoms in total. The Morgan fingerprint density at radius 2 is 1.94 bits per heavy atom. The summed E-state index contributed by atoms with van der Waals surface area (Å²) in [5.41, 5.74) is 1.90. The Balaban J connectivity index is 2.25. The minimum Gasteiger partial charge on any atom is -0.481 e. The van der Waals surface area contributed by atoms with Crippen molar-refractivity contribution in [3.63, 3.8) is 0 Å². The average Bonchev–Trinajstić information content (AvgIpc) is 2.71. The van der Waals surface area contributed by atoms with E-state index in [-0.39, 0.29) is 0 Å². The summed E-state index contributed by atoms with van der Waals surface area (Å²) in [6.45, 7) is 2.06. The maximum absolute atomic E-state index is 11.4. The van der Waals surface area contributed by atoms with Crippen LogP contribution >= 0.6 is 0 Å². The third-order valence-electron chi connectivity index (χ3n) is 3.80. The van der Waals surface area contributed by atoms with Crippen LogP contribution in [-0.4, -0.2) is 11.1 Å². The van der Waals surface area contributed by atoms with Crippen molar-refractivity contribution in [1.29, 1.82) is 0 Å². The quantitative estimate of drug-likeness (QED) is 0.846. The molecule has 0 saturated heterocycles. The van der Waals surface area contributed by atoms with Crippen LogP contribution in [-0.2, 0) is 11.2 Å².